The zero-order valence-corrected chi connectivity index (χ0v) is 19.6. The third-order valence-corrected chi connectivity index (χ3v) is 7.50. The number of aromatic nitrogens is 2. The zero-order chi connectivity index (χ0) is 22.5. The highest BCUT2D eigenvalue weighted by Gasteiger charge is 2.28. The van der Waals surface area contributed by atoms with Gasteiger partial charge in [0, 0.05) is 32.1 Å². The number of nitrogens with zero attached hydrogens (tertiary/aromatic N) is 3. The van der Waals surface area contributed by atoms with E-state index < -0.39 is 0 Å². The van der Waals surface area contributed by atoms with Crippen molar-refractivity contribution in [3.05, 3.63) is 60.2 Å². The number of hydrogen-bond donors (Lipinski definition) is 1. The largest absolute Gasteiger partial charge is 0.356 e. The van der Waals surface area contributed by atoms with Crippen molar-refractivity contribution in [2.75, 3.05) is 24.5 Å². The van der Waals surface area contributed by atoms with Crippen molar-refractivity contribution in [1.82, 2.24) is 14.9 Å². The Morgan fingerprint density at radius 1 is 0.909 bits per heavy atom. The van der Waals surface area contributed by atoms with Crippen molar-refractivity contribution >= 4 is 22.9 Å². The number of fused-ring (bicyclic) bond motifs is 1. The van der Waals surface area contributed by atoms with Gasteiger partial charge >= 0.3 is 0 Å². The van der Waals surface area contributed by atoms with Crippen molar-refractivity contribution in [1.29, 1.82) is 0 Å². The molecule has 0 bridgehead atoms. The molecule has 2 aromatic carbocycles. The van der Waals surface area contributed by atoms with Gasteiger partial charge in [0.05, 0.1) is 11.0 Å². The van der Waals surface area contributed by atoms with E-state index in [0.717, 1.165) is 56.3 Å². The minimum atomic E-state index is 0.105. The molecule has 1 aliphatic heterocycles. The number of rotatable bonds is 7. The molecule has 174 valence electrons. The summed E-state index contributed by atoms with van der Waals surface area (Å²) in [6.07, 6.45) is 9.43. The highest BCUT2D eigenvalue weighted by molar-refractivity contribution is 5.80. The molecule has 1 aromatic heterocycles. The maximum Gasteiger partial charge on any atom is 0.223 e. The summed E-state index contributed by atoms with van der Waals surface area (Å²) in [6, 6.07) is 18.9. The standard InChI is InChI=1S/C28H36N4O/c33-27(29-18-15-22-9-3-1-4-10-22)24-16-19-31(20-17-24)28-30-25-13-7-8-14-26(25)32(28)21-23-11-5-2-6-12-23/h1,3-4,7-10,13-14,23-24H,2,5-6,11-12,15-21H2,(H,29,33). The van der Waals surface area contributed by atoms with Crippen LogP contribution in [0.25, 0.3) is 11.0 Å². The van der Waals surface area contributed by atoms with Crippen LogP contribution in [0.15, 0.2) is 54.6 Å². The van der Waals surface area contributed by atoms with Crippen LogP contribution >= 0.6 is 0 Å². The first-order chi connectivity index (χ1) is 16.3. The van der Waals surface area contributed by atoms with Crippen LogP contribution in [0.5, 0.6) is 0 Å². The number of piperidine rings is 1. The lowest BCUT2D eigenvalue weighted by Crippen LogP contribution is -2.42. The zero-order valence-electron chi connectivity index (χ0n) is 19.6. The van der Waals surface area contributed by atoms with Crippen LogP contribution < -0.4 is 10.2 Å². The molecule has 0 unspecified atom stereocenters. The Morgan fingerprint density at radius 3 is 2.42 bits per heavy atom. The van der Waals surface area contributed by atoms with Crippen LogP contribution in [0.3, 0.4) is 0 Å². The van der Waals surface area contributed by atoms with Crippen LogP contribution in [-0.2, 0) is 17.8 Å². The predicted molar refractivity (Wildman–Crippen MR) is 134 cm³/mol. The number of carbonyl (C=O) groups is 1. The quantitative estimate of drug-likeness (QED) is 0.545. The molecule has 5 heteroatoms. The molecule has 2 heterocycles. The van der Waals surface area contributed by atoms with Crippen molar-refractivity contribution in [3.8, 4) is 0 Å². The predicted octanol–water partition coefficient (Wildman–Crippen LogP) is 5.19. The minimum Gasteiger partial charge on any atom is -0.356 e. The summed E-state index contributed by atoms with van der Waals surface area (Å²) >= 11 is 0. The number of benzene rings is 2. The molecule has 2 fully saturated rings. The molecule has 5 rings (SSSR count). The van der Waals surface area contributed by atoms with Gasteiger partial charge in [-0.3, -0.25) is 4.79 Å². The summed E-state index contributed by atoms with van der Waals surface area (Å²) in [7, 11) is 0. The molecule has 1 saturated carbocycles. The van der Waals surface area contributed by atoms with E-state index in [4.69, 9.17) is 4.98 Å². The molecule has 3 aromatic rings. The molecule has 0 atom stereocenters. The molecule has 1 amide bonds. The molecule has 0 radical (unpaired) electrons. The van der Waals surface area contributed by atoms with Gasteiger partial charge in [0.1, 0.15) is 0 Å². The first kappa shape index (κ1) is 22.0. The summed E-state index contributed by atoms with van der Waals surface area (Å²) in [5.74, 6) is 2.17. The summed E-state index contributed by atoms with van der Waals surface area (Å²) in [4.78, 5) is 20.2. The number of anilines is 1. The first-order valence-corrected chi connectivity index (χ1v) is 12.8. The van der Waals surface area contributed by atoms with E-state index in [9.17, 15) is 4.79 Å². The van der Waals surface area contributed by atoms with Gasteiger partial charge in [0.2, 0.25) is 11.9 Å². The van der Waals surface area contributed by atoms with Gasteiger partial charge in [-0.1, -0.05) is 61.7 Å². The van der Waals surface area contributed by atoms with E-state index in [1.54, 1.807) is 0 Å². The molecule has 1 aliphatic carbocycles. The Kier molecular flexibility index (Phi) is 6.94. The smallest absolute Gasteiger partial charge is 0.223 e. The summed E-state index contributed by atoms with van der Waals surface area (Å²) in [5.41, 5.74) is 3.60. The third kappa shape index (κ3) is 5.23. The number of imidazole rings is 1. The number of para-hydroxylation sites is 2. The van der Waals surface area contributed by atoms with Gasteiger partial charge in [-0.25, -0.2) is 4.98 Å². The van der Waals surface area contributed by atoms with Gasteiger partial charge in [-0.2, -0.15) is 0 Å². The number of amides is 1. The second kappa shape index (κ2) is 10.4. The van der Waals surface area contributed by atoms with Crippen molar-refractivity contribution in [2.24, 2.45) is 11.8 Å². The minimum absolute atomic E-state index is 0.105. The van der Waals surface area contributed by atoms with Crippen LogP contribution in [0.2, 0.25) is 0 Å². The number of hydrogen-bond acceptors (Lipinski definition) is 3. The molecule has 1 N–H and O–H groups in total. The molecule has 2 aliphatic rings. The molecular weight excluding hydrogens is 408 g/mol. The molecule has 1 saturated heterocycles. The Morgan fingerprint density at radius 2 is 1.64 bits per heavy atom. The lowest BCUT2D eigenvalue weighted by atomic mass is 9.89. The highest BCUT2D eigenvalue weighted by atomic mass is 16.1. The van der Waals surface area contributed by atoms with Crippen LogP contribution in [0, 0.1) is 11.8 Å². The molecule has 33 heavy (non-hydrogen) atoms. The van der Waals surface area contributed by atoms with E-state index >= 15 is 0 Å². The average Bonchev–Trinajstić information content (AvgIpc) is 3.24. The molecule has 0 spiro atoms. The van der Waals surface area contributed by atoms with Crippen LogP contribution in [0.1, 0.15) is 50.5 Å². The number of carbonyl (C=O) groups excluding carboxylic acids is 1. The Hall–Kier alpha value is -2.82. The van der Waals surface area contributed by atoms with E-state index in [1.165, 1.54) is 43.2 Å². The van der Waals surface area contributed by atoms with Gasteiger partial charge in [-0.15, -0.1) is 0 Å². The molecular formula is C28H36N4O. The first-order valence-electron chi connectivity index (χ1n) is 12.8. The van der Waals surface area contributed by atoms with Gasteiger partial charge in [-0.05, 0) is 55.7 Å². The van der Waals surface area contributed by atoms with E-state index in [0.29, 0.717) is 6.54 Å². The third-order valence-electron chi connectivity index (χ3n) is 7.50. The fourth-order valence-electron chi connectivity index (χ4n) is 5.57. The van der Waals surface area contributed by atoms with Crippen molar-refractivity contribution < 1.29 is 4.79 Å². The fraction of sp³-hybridized carbons (Fsp3) is 0.500. The van der Waals surface area contributed by atoms with Crippen LogP contribution in [0.4, 0.5) is 5.95 Å². The van der Waals surface area contributed by atoms with E-state index in [2.05, 4.69) is 63.3 Å². The van der Waals surface area contributed by atoms with Crippen molar-refractivity contribution in [3.63, 3.8) is 0 Å². The second-order valence-electron chi connectivity index (χ2n) is 9.80. The highest BCUT2D eigenvalue weighted by Crippen LogP contribution is 2.31. The fourth-order valence-corrected chi connectivity index (χ4v) is 5.57. The van der Waals surface area contributed by atoms with Gasteiger partial charge in [0.25, 0.3) is 0 Å². The SMILES string of the molecule is O=C(NCCc1ccccc1)C1CCN(c2nc3ccccc3n2CC2CCCCC2)CC1. The maximum atomic E-state index is 12.8. The van der Waals surface area contributed by atoms with Crippen LogP contribution in [-0.4, -0.2) is 35.1 Å². The Balaban J connectivity index is 1.21. The van der Waals surface area contributed by atoms with Gasteiger partial charge < -0.3 is 14.8 Å². The van der Waals surface area contributed by atoms with Gasteiger partial charge in [0.15, 0.2) is 0 Å². The molecule has 5 nitrogen and oxygen atoms in total. The lowest BCUT2D eigenvalue weighted by molar-refractivity contribution is -0.125. The topological polar surface area (TPSA) is 50.2 Å². The van der Waals surface area contributed by atoms with E-state index in [-0.39, 0.29) is 11.8 Å². The number of nitrogens with one attached hydrogen (secondary N) is 1. The summed E-state index contributed by atoms with van der Waals surface area (Å²) in [6.45, 7) is 3.56. The Labute approximate surface area is 197 Å². The second-order valence-corrected chi connectivity index (χ2v) is 9.80. The maximum absolute atomic E-state index is 12.8. The normalized spacial score (nSPS) is 18.0. The monoisotopic (exact) mass is 444 g/mol. The lowest BCUT2D eigenvalue weighted by Gasteiger charge is -2.33. The summed E-state index contributed by atoms with van der Waals surface area (Å²) < 4.78 is 2.46. The average molecular weight is 445 g/mol. The Bertz CT molecular complexity index is 1050. The van der Waals surface area contributed by atoms with E-state index in [1.807, 2.05) is 6.07 Å². The van der Waals surface area contributed by atoms with Crippen molar-refractivity contribution in [2.45, 2.75) is 57.9 Å². The summed E-state index contributed by atoms with van der Waals surface area (Å²) in [5, 5.41) is 3.16.